The molecular formula is C14H12N4O2. The first kappa shape index (κ1) is 12.2. The number of carbonyl (C=O) groups is 1. The highest BCUT2D eigenvalue weighted by Crippen LogP contribution is 2.12. The molecule has 0 spiro atoms. The first-order valence-electron chi connectivity index (χ1n) is 6.05. The number of nitrogens with zero attached hydrogens (tertiary/aromatic N) is 2. The Bertz CT molecular complexity index is 867. The molecule has 100 valence electrons. The van der Waals surface area contributed by atoms with Crippen molar-refractivity contribution in [2.24, 2.45) is 7.05 Å². The van der Waals surface area contributed by atoms with Crippen molar-refractivity contribution < 1.29 is 4.79 Å². The molecule has 2 N–H and O–H groups in total. The van der Waals surface area contributed by atoms with Crippen LogP contribution in [-0.4, -0.2) is 25.5 Å². The van der Waals surface area contributed by atoms with Gasteiger partial charge < -0.3 is 9.97 Å². The van der Waals surface area contributed by atoms with Crippen LogP contribution in [0.1, 0.15) is 15.9 Å². The number of aromatic nitrogens is 4. The third-order valence-corrected chi connectivity index (χ3v) is 2.95. The van der Waals surface area contributed by atoms with Crippen LogP contribution in [0.25, 0.3) is 17.1 Å². The van der Waals surface area contributed by atoms with E-state index in [1.807, 2.05) is 13.2 Å². The van der Waals surface area contributed by atoms with Crippen molar-refractivity contribution in [1.29, 1.82) is 0 Å². The smallest absolute Gasteiger partial charge is 0.306 e. The summed E-state index contributed by atoms with van der Waals surface area (Å²) in [5.74, 6) is -0.127. The summed E-state index contributed by atoms with van der Waals surface area (Å²) in [6.07, 6.45) is 6.69. The number of ketones is 1. The third-order valence-electron chi connectivity index (χ3n) is 2.95. The first-order valence-corrected chi connectivity index (χ1v) is 6.05. The van der Waals surface area contributed by atoms with Crippen molar-refractivity contribution in [2.45, 2.75) is 0 Å². The summed E-state index contributed by atoms with van der Waals surface area (Å²) in [5.41, 5.74) is 2.40. The van der Waals surface area contributed by atoms with Crippen LogP contribution in [0, 0.1) is 0 Å². The Balaban J connectivity index is 1.88. The summed E-state index contributed by atoms with van der Waals surface area (Å²) in [4.78, 5) is 28.5. The van der Waals surface area contributed by atoms with Gasteiger partial charge in [-0.05, 0) is 30.4 Å². The molecule has 0 bridgehead atoms. The summed E-state index contributed by atoms with van der Waals surface area (Å²) in [6.45, 7) is 0. The predicted molar refractivity (Wildman–Crippen MR) is 75.5 cm³/mol. The number of aryl methyl sites for hydroxylation is 1. The fourth-order valence-corrected chi connectivity index (χ4v) is 1.98. The SMILES string of the molecule is Cn1cc(/C=C/C(=O)c2ccc3[nH]c(=O)[nH]c3c2)cn1. The minimum Gasteiger partial charge on any atom is -0.306 e. The second-order valence-electron chi connectivity index (χ2n) is 4.48. The number of imidazole rings is 1. The standard InChI is InChI=1S/C14H12N4O2/c1-18-8-9(7-15-18)2-5-13(19)10-3-4-11-12(6-10)17-14(20)16-11/h2-8H,1H3,(H2,16,17,20)/b5-2+. The Morgan fingerprint density at radius 2 is 2.10 bits per heavy atom. The molecule has 0 aliphatic carbocycles. The van der Waals surface area contributed by atoms with Crippen molar-refractivity contribution in [3.8, 4) is 0 Å². The summed E-state index contributed by atoms with van der Waals surface area (Å²) in [7, 11) is 1.81. The molecule has 0 saturated carbocycles. The van der Waals surface area contributed by atoms with Crippen molar-refractivity contribution in [3.63, 3.8) is 0 Å². The number of allylic oxidation sites excluding steroid dienone is 1. The van der Waals surface area contributed by atoms with Gasteiger partial charge in [-0.2, -0.15) is 5.10 Å². The second-order valence-corrected chi connectivity index (χ2v) is 4.48. The van der Waals surface area contributed by atoms with Crippen LogP contribution in [0.3, 0.4) is 0 Å². The normalized spacial score (nSPS) is 11.4. The Morgan fingerprint density at radius 1 is 1.30 bits per heavy atom. The maximum Gasteiger partial charge on any atom is 0.323 e. The molecule has 0 amide bonds. The maximum absolute atomic E-state index is 12.1. The number of H-pyrrole nitrogens is 2. The summed E-state index contributed by atoms with van der Waals surface area (Å²) < 4.78 is 1.67. The van der Waals surface area contributed by atoms with E-state index >= 15 is 0 Å². The van der Waals surface area contributed by atoms with E-state index in [9.17, 15) is 9.59 Å². The zero-order valence-electron chi connectivity index (χ0n) is 10.8. The van der Waals surface area contributed by atoms with Crippen LogP contribution in [0.2, 0.25) is 0 Å². The Labute approximate surface area is 113 Å². The van der Waals surface area contributed by atoms with E-state index in [4.69, 9.17) is 0 Å². The van der Waals surface area contributed by atoms with E-state index in [1.165, 1.54) is 6.08 Å². The van der Waals surface area contributed by atoms with Gasteiger partial charge in [0.15, 0.2) is 5.78 Å². The maximum atomic E-state index is 12.1. The minimum absolute atomic E-state index is 0.127. The van der Waals surface area contributed by atoms with Gasteiger partial charge in [0.2, 0.25) is 0 Å². The van der Waals surface area contributed by atoms with E-state index in [1.54, 1.807) is 35.2 Å². The summed E-state index contributed by atoms with van der Waals surface area (Å²) in [6, 6.07) is 5.05. The molecule has 0 unspecified atom stereocenters. The fraction of sp³-hybridized carbons (Fsp3) is 0.0714. The van der Waals surface area contributed by atoms with Gasteiger partial charge in [-0.3, -0.25) is 9.48 Å². The molecule has 6 heteroatoms. The summed E-state index contributed by atoms with van der Waals surface area (Å²) in [5, 5.41) is 4.02. The molecule has 3 rings (SSSR count). The first-order chi connectivity index (χ1) is 9.61. The largest absolute Gasteiger partial charge is 0.323 e. The highest BCUT2D eigenvalue weighted by atomic mass is 16.1. The predicted octanol–water partition coefficient (Wildman–Crippen LogP) is 1.49. The molecule has 0 fully saturated rings. The number of hydrogen-bond donors (Lipinski definition) is 2. The van der Waals surface area contributed by atoms with Gasteiger partial charge >= 0.3 is 5.69 Å². The second kappa shape index (κ2) is 4.65. The fourth-order valence-electron chi connectivity index (χ4n) is 1.98. The van der Waals surface area contributed by atoms with Crippen molar-refractivity contribution >= 4 is 22.9 Å². The van der Waals surface area contributed by atoms with Gasteiger partial charge in [-0.25, -0.2) is 4.79 Å². The topological polar surface area (TPSA) is 83.5 Å². The molecule has 0 aliphatic rings. The molecule has 20 heavy (non-hydrogen) atoms. The number of rotatable bonds is 3. The van der Waals surface area contributed by atoms with Crippen LogP contribution in [0.5, 0.6) is 0 Å². The monoisotopic (exact) mass is 268 g/mol. The molecule has 0 radical (unpaired) electrons. The van der Waals surface area contributed by atoms with Gasteiger partial charge in [-0.15, -0.1) is 0 Å². The molecular weight excluding hydrogens is 256 g/mol. The van der Waals surface area contributed by atoms with Gasteiger partial charge in [0.1, 0.15) is 0 Å². The van der Waals surface area contributed by atoms with E-state index in [0.717, 1.165) is 5.56 Å². The van der Waals surface area contributed by atoms with Crippen LogP contribution in [0.4, 0.5) is 0 Å². The number of aromatic amines is 2. The van der Waals surface area contributed by atoms with E-state index in [-0.39, 0.29) is 11.5 Å². The van der Waals surface area contributed by atoms with Gasteiger partial charge in [-0.1, -0.05) is 0 Å². The third kappa shape index (κ3) is 2.31. The molecule has 0 atom stereocenters. The molecule has 3 aromatic rings. The Kier molecular flexibility index (Phi) is 2.83. The average molecular weight is 268 g/mol. The number of benzene rings is 1. The molecule has 0 aliphatic heterocycles. The molecule has 2 aromatic heterocycles. The van der Waals surface area contributed by atoms with Crippen LogP contribution in [0.15, 0.2) is 41.5 Å². The van der Waals surface area contributed by atoms with Gasteiger partial charge in [0, 0.05) is 24.4 Å². The number of fused-ring (bicyclic) bond motifs is 1. The Hall–Kier alpha value is -2.89. The average Bonchev–Trinajstić information content (AvgIpc) is 2.99. The highest BCUT2D eigenvalue weighted by molar-refractivity contribution is 6.08. The molecule has 2 heterocycles. The Morgan fingerprint density at radius 3 is 2.85 bits per heavy atom. The van der Waals surface area contributed by atoms with Crippen molar-refractivity contribution in [1.82, 2.24) is 19.7 Å². The summed E-state index contributed by atoms with van der Waals surface area (Å²) >= 11 is 0. The minimum atomic E-state index is -0.282. The lowest BCUT2D eigenvalue weighted by Gasteiger charge is -1.95. The number of nitrogens with one attached hydrogen (secondary N) is 2. The van der Waals surface area contributed by atoms with Crippen LogP contribution >= 0.6 is 0 Å². The number of carbonyl (C=O) groups excluding carboxylic acids is 1. The zero-order chi connectivity index (χ0) is 14.1. The lowest BCUT2D eigenvalue weighted by atomic mass is 10.1. The van der Waals surface area contributed by atoms with Crippen molar-refractivity contribution in [2.75, 3.05) is 0 Å². The number of hydrogen-bond acceptors (Lipinski definition) is 3. The van der Waals surface area contributed by atoms with Crippen molar-refractivity contribution in [3.05, 3.63) is 58.3 Å². The molecule has 1 aromatic carbocycles. The van der Waals surface area contributed by atoms with Gasteiger partial charge in [0.25, 0.3) is 0 Å². The van der Waals surface area contributed by atoms with Crippen LogP contribution in [-0.2, 0) is 7.05 Å². The quantitative estimate of drug-likeness (QED) is 0.557. The highest BCUT2D eigenvalue weighted by Gasteiger charge is 2.05. The lowest BCUT2D eigenvalue weighted by Crippen LogP contribution is -1.99. The molecule has 6 nitrogen and oxygen atoms in total. The van der Waals surface area contributed by atoms with Gasteiger partial charge in [0.05, 0.1) is 17.2 Å². The van der Waals surface area contributed by atoms with Crippen LogP contribution < -0.4 is 5.69 Å². The van der Waals surface area contributed by atoms with E-state index in [2.05, 4.69) is 15.1 Å². The van der Waals surface area contributed by atoms with E-state index in [0.29, 0.717) is 16.6 Å². The zero-order valence-corrected chi connectivity index (χ0v) is 10.8. The lowest BCUT2D eigenvalue weighted by molar-refractivity contribution is 0.104. The van der Waals surface area contributed by atoms with E-state index < -0.39 is 0 Å². The molecule has 0 saturated heterocycles.